The number of carbonyl (C=O) groups is 1. The average molecular weight is 279 g/mol. The molecule has 0 aliphatic carbocycles. The van der Waals surface area contributed by atoms with Gasteiger partial charge in [-0.15, -0.1) is 0 Å². The fourth-order valence-electron chi connectivity index (χ4n) is 2.11. The Hall–Kier alpha value is -1.27. The Morgan fingerprint density at radius 1 is 1.30 bits per heavy atom. The first-order valence-corrected chi connectivity index (χ1v) is 6.87. The van der Waals surface area contributed by atoms with Gasteiger partial charge < -0.3 is 18.6 Å². The van der Waals surface area contributed by atoms with Gasteiger partial charge in [0.05, 0.1) is 23.4 Å². The highest BCUT2D eigenvalue weighted by atomic mass is 16.7. The van der Waals surface area contributed by atoms with E-state index in [1.165, 1.54) is 0 Å². The van der Waals surface area contributed by atoms with Gasteiger partial charge in [0, 0.05) is 18.8 Å². The van der Waals surface area contributed by atoms with Crippen molar-refractivity contribution in [2.45, 2.75) is 45.8 Å². The van der Waals surface area contributed by atoms with Gasteiger partial charge in [0.2, 0.25) is 0 Å². The third-order valence-electron chi connectivity index (χ3n) is 4.05. The highest BCUT2D eigenvalue weighted by Crippen LogP contribution is 2.36. The third-order valence-corrected chi connectivity index (χ3v) is 4.05. The Morgan fingerprint density at radius 3 is 2.35 bits per heavy atom. The van der Waals surface area contributed by atoms with Crippen LogP contribution in [0.1, 0.15) is 45.0 Å². The molecule has 0 bridgehead atoms. The maximum atomic E-state index is 11.8. The smallest absolute Gasteiger partial charge is 0.462 e. The first-order chi connectivity index (χ1) is 9.18. The van der Waals surface area contributed by atoms with Crippen LogP contribution in [0, 0.1) is 0 Å². The molecule has 1 aliphatic heterocycles. The van der Waals surface area contributed by atoms with Gasteiger partial charge >= 0.3 is 13.1 Å². The summed E-state index contributed by atoms with van der Waals surface area (Å²) in [5, 5.41) is 0. The lowest BCUT2D eigenvalue weighted by Gasteiger charge is -2.32. The van der Waals surface area contributed by atoms with Crippen LogP contribution in [0.3, 0.4) is 0 Å². The number of carbonyl (C=O) groups excluding carboxylic acids is 1. The summed E-state index contributed by atoms with van der Waals surface area (Å²) < 4.78 is 18.8. The van der Waals surface area contributed by atoms with Gasteiger partial charge in [-0.25, -0.2) is 4.79 Å². The molecule has 2 heterocycles. The molecule has 20 heavy (non-hydrogen) atoms. The second-order valence-electron chi connectivity index (χ2n) is 6.07. The van der Waals surface area contributed by atoms with Crippen molar-refractivity contribution >= 4 is 18.7 Å². The molecule has 0 saturated carbocycles. The molecule has 1 aliphatic rings. The average Bonchev–Trinajstić information content (AvgIpc) is 2.78. The second kappa shape index (κ2) is 4.93. The molecule has 2 rings (SSSR count). The van der Waals surface area contributed by atoms with Gasteiger partial charge in [-0.3, -0.25) is 0 Å². The molecule has 0 amide bonds. The van der Waals surface area contributed by atoms with Crippen LogP contribution in [-0.2, 0) is 21.1 Å². The highest BCUT2D eigenvalue weighted by molar-refractivity contribution is 6.61. The van der Waals surface area contributed by atoms with Gasteiger partial charge in [0.15, 0.2) is 0 Å². The highest BCUT2D eigenvalue weighted by Gasteiger charge is 2.52. The molecule has 0 aromatic carbocycles. The molecule has 0 atom stereocenters. The van der Waals surface area contributed by atoms with Crippen molar-refractivity contribution in [2.75, 3.05) is 6.61 Å². The summed E-state index contributed by atoms with van der Waals surface area (Å²) in [5.74, 6) is -0.328. The molecular weight excluding hydrogens is 257 g/mol. The minimum absolute atomic E-state index is 0.328. The fraction of sp³-hybridized carbons (Fsp3) is 0.643. The molecule has 0 radical (unpaired) electrons. The zero-order chi connectivity index (χ0) is 15.1. The Labute approximate surface area is 120 Å². The number of hydrogen-bond donors (Lipinski definition) is 0. The van der Waals surface area contributed by atoms with E-state index in [2.05, 4.69) is 0 Å². The molecule has 110 valence electrons. The number of hydrogen-bond acceptors (Lipinski definition) is 4. The molecular formula is C14H22BNO4. The Morgan fingerprint density at radius 2 is 1.85 bits per heavy atom. The molecule has 1 aromatic rings. The minimum Gasteiger partial charge on any atom is -0.462 e. The number of aromatic nitrogens is 1. The van der Waals surface area contributed by atoms with E-state index < -0.39 is 18.3 Å². The SMILES string of the molecule is CCOC(=O)c1cc(B2OC(C)(C)C(C)(C)O2)n(C)c1. The van der Waals surface area contributed by atoms with Gasteiger partial charge in [0.25, 0.3) is 0 Å². The van der Waals surface area contributed by atoms with Crippen LogP contribution in [0.25, 0.3) is 0 Å². The Kier molecular flexibility index (Phi) is 3.73. The molecule has 0 unspecified atom stereocenters. The van der Waals surface area contributed by atoms with Gasteiger partial charge in [-0.2, -0.15) is 0 Å². The van der Waals surface area contributed by atoms with Crippen LogP contribution in [0.5, 0.6) is 0 Å². The first kappa shape index (κ1) is 15.1. The fourth-order valence-corrected chi connectivity index (χ4v) is 2.11. The van der Waals surface area contributed by atoms with Crippen molar-refractivity contribution in [3.63, 3.8) is 0 Å². The van der Waals surface area contributed by atoms with E-state index in [4.69, 9.17) is 14.0 Å². The van der Waals surface area contributed by atoms with Gasteiger partial charge in [0.1, 0.15) is 0 Å². The molecule has 0 N–H and O–H groups in total. The van der Waals surface area contributed by atoms with E-state index in [-0.39, 0.29) is 5.97 Å². The number of ether oxygens (including phenoxy) is 1. The van der Waals surface area contributed by atoms with E-state index in [9.17, 15) is 4.79 Å². The van der Waals surface area contributed by atoms with Crippen molar-refractivity contribution in [3.05, 3.63) is 17.8 Å². The molecule has 6 heteroatoms. The summed E-state index contributed by atoms with van der Waals surface area (Å²) in [6.07, 6.45) is 1.73. The lowest BCUT2D eigenvalue weighted by molar-refractivity contribution is 0.00578. The minimum atomic E-state index is -0.479. The summed E-state index contributed by atoms with van der Waals surface area (Å²) in [6, 6.07) is 1.76. The lowest BCUT2D eigenvalue weighted by atomic mass is 9.84. The van der Waals surface area contributed by atoms with Gasteiger partial charge in [-0.1, -0.05) is 0 Å². The number of aryl methyl sites for hydroxylation is 1. The standard InChI is InChI=1S/C14H22BNO4/c1-7-18-12(17)10-8-11(16(6)9-10)15-19-13(2,3)14(4,5)20-15/h8-9H,7H2,1-6H3. The first-order valence-electron chi connectivity index (χ1n) is 6.87. The predicted octanol–water partition coefficient (Wildman–Crippen LogP) is 1.50. The summed E-state index contributed by atoms with van der Waals surface area (Å²) in [5.41, 5.74) is 0.531. The molecule has 1 aromatic heterocycles. The number of esters is 1. The Bertz CT molecular complexity index is 505. The zero-order valence-electron chi connectivity index (χ0n) is 13.0. The van der Waals surface area contributed by atoms with Crippen LogP contribution in [0.15, 0.2) is 12.3 Å². The third kappa shape index (κ3) is 2.50. The quantitative estimate of drug-likeness (QED) is 0.621. The summed E-state index contributed by atoms with van der Waals surface area (Å²) >= 11 is 0. The van der Waals surface area contributed by atoms with E-state index in [1.54, 1.807) is 19.2 Å². The summed E-state index contributed by atoms with van der Waals surface area (Å²) in [7, 11) is 1.39. The van der Waals surface area contributed by atoms with Crippen molar-refractivity contribution in [2.24, 2.45) is 7.05 Å². The van der Waals surface area contributed by atoms with E-state index >= 15 is 0 Å². The monoisotopic (exact) mass is 279 g/mol. The second-order valence-corrected chi connectivity index (χ2v) is 6.07. The lowest BCUT2D eigenvalue weighted by Crippen LogP contribution is -2.41. The van der Waals surface area contributed by atoms with Crippen molar-refractivity contribution < 1.29 is 18.8 Å². The van der Waals surface area contributed by atoms with Crippen LogP contribution in [0.4, 0.5) is 0 Å². The summed E-state index contributed by atoms with van der Waals surface area (Å²) in [4.78, 5) is 11.8. The zero-order valence-corrected chi connectivity index (χ0v) is 13.0. The van der Waals surface area contributed by atoms with E-state index in [0.29, 0.717) is 12.2 Å². The van der Waals surface area contributed by atoms with Gasteiger partial charge in [-0.05, 0) is 40.7 Å². The van der Waals surface area contributed by atoms with Crippen LogP contribution >= 0.6 is 0 Å². The van der Waals surface area contributed by atoms with Crippen LogP contribution in [0.2, 0.25) is 0 Å². The number of rotatable bonds is 3. The molecule has 1 saturated heterocycles. The van der Waals surface area contributed by atoms with Crippen molar-refractivity contribution in [1.82, 2.24) is 4.57 Å². The molecule has 5 nitrogen and oxygen atoms in total. The van der Waals surface area contributed by atoms with E-state index in [0.717, 1.165) is 5.59 Å². The van der Waals surface area contributed by atoms with Crippen molar-refractivity contribution in [3.8, 4) is 0 Å². The molecule has 1 fully saturated rings. The van der Waals surface area contributed by atoms with Crippen LogP contribution < -0.4 is 5.59 Å². The largest absolute Gasteiger partial charge is 0.512 e. The summed E-state index contributed by atoms with van der Waals surface area (Å²) in [6.45, 7) is 10.2. The predicted molar refractivity (Wildman–Crippen MR) is 77.1 cm³/mol. The van der Waals surface area contributed by atoms with Crippen molar-refractivity contribution in [1.29, 1.82) is 0 Å². The maximum Gasteiger partial charge on any atom is 0.512 e. The molecule has 0 spiro atoms. The topological polar surface area (TPSA) is 49.7 Å². The normalized spacial score (nSPS) is 20.2. The number of nitrogens with zero attached hydrogens (tertiary/aromatic N) is 1. The van der Waals surface area contributed by atoms with E-state index in [1.807, 2.05) is 39.3 Å². The Balaban J connectivity index is 2.25. The maximum absolute atomic E-state index is 11.8. The van der Waals surface area contributed by atoms with Crippen LogP contribution in [-0.4, -0.2) is 35.5 Å².